The standard InChI is InChI=1S/C12H17F3N4O2.C11H15F3N4O2/c1-7-8-16-17-9(12(13,14)15)19(8)6-5-18(7)10(20)21-11(2,3)4;1-10(2,3)20-9(19)17-4-5-18-7(6-17)15-16-8(18)11(12,13)14/h7H,5-6H2,1-4H3;4-6H2,1-3H3. The quantitative estimate of drug-likeness (QED) is 0.402. The molecule has 1 unspecified atom stereocenters. The molecule has 18 heteroatoms. The molecule has 1 atom stereocenters. The zero-order valence-corrected chi connectivity index (χ0v) is 23.6. The number of carbonyl (C=O) groups is 2. The summed E-state index contributed by atoms with van der Waals surface area (Å²) in [5.74, 6) is -1.85. The van der Waals surface area contributed by atoms with E-state index in [2.05, 4.69) is 20.4 Å². The van der Waals surface area contributed by atoms with E-state index < -0.39 is 53.4 Å². The highest BCUT2D eigenvalue weighted by Gasteiger charge is 2.43. The van der Waals surface area contributed by atoms with E-state index in [1.807, 2.05) is 0 Å². The van der Waals surface area contributed by atoms with Crippen LogP contribution in [0.25, 0.3) is 0 Å². The van der Waals surface area contributed by atoms with Crippen LogP contribution in [0.3, 0.4) is 0 Å². The lowest BCUT2D eigenvalue weighted by molar-refractivity contribution is -0.148. The molecule has 2 aliphatic heterocycles. The van der Waals surface area contributed by atoms with Crippen molar-refractivity contribution in [3.8, 4) is 0 Å². The third kappa shape index (κ3) is 7.78. The van der Waals surface area contributed by atoms with E-state index in [-0.39, 0.29) is 44.4 Å². The second-order valence-electron chi connectivity index (χ2n) is 11.4. The lowest BCUT2D eigenvalue weighted by Crippen LogP contribution is -2.44. The molecular weight excluding hydrogens is 566 g/mol. The molecule has 4 rings (SSSR count). The van der Waals surface area contributed by atoms with Crippen LogP contribution in [0.4, 0.5) is 35.9 Å². The van der Waals surface area contributed by atoms with Gasteiger partial charge in [0, 0.05) is 26.2 Å². The minimum absolute atomic E-state index is 0.00355. The van der Waals surface area contributed by atoms with Gasteiger partial charge in [0.1, 0.15) is 11.2 Å². The minimum Gasteiger partial charge on any atom is -0.444 e. The number of alkyl halides is 6. The Hall–Kier alpha value is -3.60. The number of hydrogen-bond acceptors (Lipinski definition) is 8. The second kappa shape index (κ2) is 11.0. The summed E-state index contributed by atoms with van der Waals surface area (Å²) in [5, 5.41) is 13.4. The first-order valence-corrected chi connectivity index (χ1v) is 12.6. The first-order valence-electron chi connectivity index (χ1n) is 12.6. The van der Waals surface area contributed by atoms with Gasteiger partial charge in [0.25, 0.3) is 0 Å². The van der Waals surface area contributed by atoms with Crippen molar-refractivity contribution in [2.24, 2.45) is 0 Å². The van der Waals surface area contributed by atoms with Crippen LogP contribution >= 0.6 is 0 Å². The smallest absolute Gasteiger partial charge is 0.444 e. The van der Waals surface area contributed by atoms with E-state index in [1.54, 1.807) is 48.5 Å². The number of hydrogen-bond donors (Lipinski definition) is 0. The summed E-state index contributed by atoms with van der Waals surface area (Å²) in [6.45, 7) is 12.1. The van der Waals surface area contributed by atoms with Gasteiger partial charge < -0.3 is 18.6 Å². The molecule has 2 aromatic heterocycles. The molecule has 230 valence electrons. The fraction of sp³-hybridized carbons (Fsp3) is 0.739. The topological polar surface area (TPSA) is 121 Å². The summed E-state index contributed by atoms with van der Waals surface area (Å²) < 4.78 is 88.7. The zero-order valence-electron chi connectivity index (χ0n) is 23.6. The van der Waals surface area contributed by atoms with E-state index in [0.29, 0.717) is 0 Å². The normalized spacial score (nSPS) is 17.7. The monoisotopic (exact) mass is 598 g/mol. The maximum absolute atomic E-state index is 12.8. The van der Waals surface area contributed by atoms with Crippen LogP contribution in [-0.4, -0.2) is 75.8 Å². The van der Waals surface area contributed by atoms with Crippen molar-refractivity contribution in [2.45, 2.75) is 97.7 Å². The van der Waals surface area contributed by atoms with E-state index >= 15 is 0 Å². The van der Waals surface area contributed by atoms with E-state index in [9.17, 15) is 35.9 Å². The Labute approximate surface area is 231 Å². The van der Waals surface area contributed by atoms with E-state index in [0.717, 1.165) is 9.13 Å². The predicted octanol–water partition coefficient (Wildman–Crippen LogP) is 4.66. The van der Waals surface area contributed by atoms with Crippen molar-refractivity contribution < 1.29 is 45.4 Å². The summed E-state index contributed by atoms with van der Waals surface area (Å²) in [6.07, 6.45) is -10.2. The summed E-state index contributed by atoms with van der Waals surface area (Å²) in [6, 6.07) is -0.628. The van der Waals surface area contributed by atoms with Gasteiger partial charge in [0.2, 0.25) is 11.6 Å². The average Bonchev–Trinajstić information content (AvgIpc) is 3.41. The molecule has 0 saturated carbocycles. The SMILES string of the molecule is CC(C)(C)OC(=O)N1CCn2c(nnc2C(F)(F)F)C1.CC1c2nnc(C(F)(F)F)n2CCN1C(=O)OC(C)(C)C. The highest BCUT2D eigenvalue weighted by Crippen LogP contribution is 2.33. The van der Waals surface area contributed by atoms with E-state index in [1.165, 1.54) is 9.80 Å². The molecular formula is C23H32F6N8O4. The summed E-state index contributed by atoms with van der Waals surface area (Å²) in [5.41, 5.74) is -1.32. The van der Waals surface area contributed by atoms with Crippen molar-refractivity contribution >= 4 is 12.2 Å². The molecule has 0 aromatic carbocycles. The van der Waals surface area contributed by atoms with Crippen LogP contribution in [0.15, 0.2) is 0 Å². The average molecular weight is 599 g/mol. The Balaban J connectivity index is 0.000000226. The van der Waals surface area contributed by atoms with Crippen molar-refractivity contribution in [1.82, 2.24) is 39.3 Å². The van der Waals surface area contributed by atoms with Crippen LogP contribution in [0.2, 0.25) is 0 Å². The van der Waals surface area contributed by atoms with Gasteiger partial charge in [-0.25, -0.2) is 9.59 Å². The van der Waals surface area contributed by atoms with Crippen molar-refractivity contribution in [2.75, 3.05) is 13.1 Å². The third-order valence-corrected chi connectivity index (χ3v) is 5.73. The molecule has 0 fully saturated rings. The van der Waals surface area contributed by atoms with Gasteiger partial charge in [-0.2, -0.15) is 26.3 Å². The molecule has 0 spiro atoms. The molecule has 2 aliphatic rings. The molecule has 2 aromatic rings. The summed E-state index contributed by atoms with van der Waals surface area (Å²) in [7, 11) is 0. The number of fused-ring (bicyclic) bond motifs is 2. The highest BCUT2D eigenvalue weighted by molar-refractivity contribution is 5.69. The minimum atomic E-state index is -4.56. The number of amides is 2. The number of aromatic nitrogens is 6. The van der Waals surface area contributed by atoms with Gasteiger partial charge in [0.15, 0.2) is 11.6 Å². The number of carbonyl (C=O) groups excluding carboxylic acids is 2. The zero-order chi connectivity index (χ0) is 31.1. The number of ether oxygens (including phenoxy) is 2. The van der Waals surface area contributed by atoms with Crippen LogP contribution in [0, 0.1) is 0 Å². The Morgan fingerprint density at radius 1 is 0.707 bits per heavy atom. The first kappa shape index (κ1) is 31.9. The molecule has 0 saturated heterocycles. The fourth-order valence-corrected chi connectivity index (χ4v) is 4.01. The van der Waals surface area contributed by atoms with Crippen LogP contribution in [0.1, 0.15) is 77.8 Å². The van der Waals surface area contributed by atoms with Gasteiger partial charge in [-0.1, -0.05) is 0 Å². The third-order valence-electron chi connectivity index (χ3n) is 5.73. The van der Waals surface area contributed by atoms with Gasteiger partial charge in [0.05, 0.1) is 12.6 Å². The van der Waals surface area contributed by atoms with Crippen LogP contribution in [0.5, 0.6) is 0 Å². The van der Waals surface area contributed by atoms with Gasteiger partial charge >= 0.3 is 24.5 Å². The Morgan fingerprint density at radius 2 is 1.20 bits per heavy atom. The number of nitrogens with zero attached hydrogens (tertiary/aromatic N) is 8. The van der Waals surface area contributed by atoms with Crippen molar-refractivity contribution in [3.63, 3.8) is 0 Å². The lowest BCUT2D eigenvalue weighted by atomic mass is 10.2. The molecule has 0 aliphatic carbocycles. The Bertz CT molecular complexity index is 1260. The van der Waals surface area contributed by atoms with Gasteiger partial charge in [-0.05, 0) is 48.5 Å². The molecule has 0 radical (unpaired) electrons. The number of halogens is 6. The summed E-state index contributed by atoms with van der Waals surface area (Å²) in [4.78, 5) is 26.6. The van der Waals surface area contributed by atoms with Crippen molar-refractivity contribution in [3.05, 3.63) is 23.3 Å². The maximum Gasteiger partial charge on any atom is 0.451 e. The molecule has 0 N–H and O–H groups in total. The van der Waals surface area contributed by atoms with Gasteiger partial charge in [-0.15, -0.1) is 20.4 Å². The lowest BCUT2D eigenvalue weighted by Gasteiger charge is -2.35. The first-order chi connectivity index (χ1) is 18.6. The highest BCUT2D eigenvalue weighted by atomic mass is 19.4. The van der Waals surface area contributed by atoms with Crippen molar-refractivity contribution in [1.29, 1.82) is 0 Å². The number of rotatable bonds is 0. The maximum atomic E-state index is 12.8. The van der Waals surface area contributed by atoms with E-state index in [4.69, 9.17) is 9.47 Å². The molecule has 4 heterocycles. The predicted molar refractivity (Wildman–Crippen MR) is 128 cm³/mol. The second-order valence-corrected chi connectivity index (χ2v) is 11.4. The Morgan fingerprint density at radius 3 is 1.73 bits per heavy atom. The Kier molecular flexibility index (Phi) is 8.56. The van der Waals surface area contributed by atoms with Crippen LogP contribution in [-0.2, 0) is 41.5 Å². The fourth-order valence-electron chi connectivity index (χ4n) is 4.01. The molecule has 2 amide bonds. The largest absolute Gasteiger partial charge is 0.451 e. The summed E-state index contributed by atoms with van der Waals surface area (Å²) >= 11 is 0. The van der Waals surface area contributed by atoms with Crippen LogP contribution < -0.4 is 0 Å². The molecule has 12 nitrogen and oxygen atoms in total. The van der Waals surface area contributed by atoms with Gasteiger partial charge in [-0.3, -0.25) is 9.80 Å². The molecule has 0 bridgehead atoms. The molecule has 41 heavy (non-hydrogen) atoms.